The Bertz CT molecular complexity index is 1400. The molecule has 5 rings (SSSR count). The average molecular weight is 616 g/mol. The first-order valence-corrected chi connectivity index (χ1v) is 14.1. The van der Waals surface area contributed by atoms with Crippen LogP contribution in [-0.4, -0.2) is 83.2 Å². The van der Waals surface area contributed by atoms with Crippen molar-refractivity contribution in [3.63, 3.8) is 0 Å². The zero-order chi connectivity index (χ0) is 28.9. The molecule has 3 N–H and O–H groups in total. The summed E-state index contributed by atoms with van der Waals surface area (Å²) < 4.78 is 5.42. The molecule has 3 aromatic rings. The van der Waals surface area contributed by atoms with E-state index < -0.39 is 6.04 Å². The van der Waals surface area contributed by atoms with Crippen molar-refractivity contribution in [1.29, 1.82) is 0 Å². The Kier molecular flexibility index (Phi) is 10.7. The molecule has 3 heterocycles. The van der Waals surface area contributed by atoms with Gasteiger partial charge in [0, 0.05) is 43.5 Å². The lowest BCUT2D eigenvalue weighted by molar-refractivity contribution is -0.122. The first-order chi connectivity index (χ1) is 19.8. The number of aliphatic hydroxyl groups is 1. The van der Waals surface area contributed by atoms with Crippen LogP contribution in [0.25, 0.3) is 11.3 Å². The zero-order valence-corrected chi connectivity index (χ0v) is 25.2. The van der Waals surface area contributed by atoms with Crippen molar-refractivity contribution < 1.29 is 19.4 Å². The molecule has 0 bridgehead atoms. The number of fused-ring (bicyclic) bond motifs is 1. The number of amides is 2. The van der Waals surface area contributed by atoms with Gasteiger partial charge in [-0.1, -0.05) is 48.0 Å². The van der Waals surface area contributed by atoms with Gasteiger partial charge in [0.1, 0.15) is 6.54 Å². The van der Waals surface area contributed by atoms with Crippen LogP contribution in [0.1, 0.15) is 45.9 Å². The molecule has 12 heteroatoms. The Morgan fingerprint density at radius 3 is 2.62 bits per heavy atom. The highest BCUT2D eigenvalue weighted by Crippen LogP contribution is 2.31. The quantitative estimate of drug-likeness (QED) is 0.316. The number of aliphatic hydroxyl groups excluding tert-OH is 1. The zero-order valence-electron chi connectivity index (χ0n) is 23.7. The summed E-state index contributed by atoms with van der Waals surface area (Å²) in [6.45, 7) is 2.15. The van der Waals surface area contributed by atoms with Gasteiger partial charge >= 0.3 is 0 Å². The Balaban J connectivity index is 0.00000405. The first kappa shape index (κ1) is 31.7. The minimum absolute atomic E-state index is 0. The highest BCUT2D eigenvalue weighted by atomic mass is 35.5. The summed E-state index contributed by atoms with van der Waals surface area (Å²) in [5, 5.41) is 16.5. The molecule has 224 valence electrons. The Morgan fingerprint density at radius 2 is 1.93 bits per heavy atom. The lowest BCUT2D eigenvalue weighted by atomic mass is 10.0. The van der Waals surface area contributed by atoms with E-state index in [0.717, 1.165) is 36.1 Å². The SMILES string of the molecule is CN(C)Cc1ccc(C(CO)NC(=O)CN2Cc3ccc(-c4nc(NC5CCOCC5)ncc4Cl)cc3C2=O)cc1.Cl. The number of aromatic nitrogens is 2. The minimum Gasteiger partial charge on any atom is -0.394 e. The van der Waals surface area contributed by atoms with Crippen molar-refractivity contribution in [3.8, 4) is 11.3 Å². The summed E-state index contributed by atoms with van der Waals surface area (Å²) in [6.07, 6.45) is 3.31. The second-order valence-corrected chi connectivity index (χ2v) is 11.1. The van der Waals surface area contributed by atoms with Crippen molar-refractivity contribution in [2.45, 2.75) is 38.0 Å². The smallest absolute Gasteiger partial charge is 0.254 e. The molecule has 10 nitrogen and oxygen atoms in total. The predicted molar refractivity (Wildman–Crippen MR) is 164 cm³/mol. The number of nitrogens with zero attached hydrogens (tertiary/aromatic N) is 4. The maximum atomic E-state index is 13.3. The third kappa shape index (κ3) is 7.56. The van der Waals surface area contributed by atoms with Gasteiger partial charge < -0.3 is 30.3 Å². The number of carbonyl (C=O) groups is 2. The van der Waals surface area contributed by atoms with Crippen LogP contribution in [-0.2, 0) is 22.6 Å². The van der Waals surface area contributed by atoms with Crippen LogP contribution >= 0.6 is 24.0 Å². The van der Waals surface area contributed by atoms with Gasteiger partial charge in [-0.2, -0.15) is 0 Å². The van der Waals surface area contributed by atoms with Gasteiger partial charge in [0.15, 0.2) is 0 Å². The summed E-state index contributed by atoms with van der Waals surface area (Å²) in [7, 11) is 3.99. The van der Waals surface area contributed by atoms with Crippen molar-refractivity contribution in [1.82, 2.24) is 25.1 Å². The molecule has 0 spiro atoms. The Hall–Kier alpha value is -3.28. The van der Waals surface area contributed by atoms with Gasteiger partial charge in [-0.3, -0.25) is 9.59 Å². The molecule has 1 aromatic heterocycles. The second kappa shape index (κ2) is 14.3. The average Bonchev–Trinajstić information content (AvgIpc) is 3.27. The number of halogens is 2. The molecule has 0 radical (unpaired) electrons. The van der Waals surface area contributed by atoms with E-state index >= 15 is 0 Å². The third-order valence-corrected chi connectivity index (χ3v) is 7.57. The molecule has 1 saturated heterocycles. The maximum absolute atomic E-state index is 13.3. The maximum Gasteiger partial charge on any atom is 0.254 e. The number of ether oxygens (including phenoxy) is 1. The van der Waals surface area contributed by atoms with E-state index in [2.05, 4.69) is 25.5 Å². The molecule has 2 amide bonds. The Labute approximate surface area is 256 Å². The van der Waals surface area contributed by atoms with Gasteiger partial charge in [-0.15, -0.1) is 12.4 Å². The highest BCUT2D eigenvalue weighted by molar-refractivity contribution is 6.33. The lowest BCUT2D eigenvalue weighted by Crippen LogP contribution is -2.40. The summed E-state index contributed by atoms with van der Waals surface area (Å²) in [4.78, 5) is 38.7. The fourth-order valence-corrected chi connectivity index (χ4v) is 5.37. The molecule has 42 heavy (non-hydrogen) atoms. The third-order valence-electron chi connectivity index (χ3n) is 7.29. The molecular formula is C30H36Cl2N6O4. The van der Waals surface area contributed by atoms with Crippen molar-refractivity contribution in [2.75, 3.05) is 45.8 Å². The van der Waals surface area contributed by atoms with E-state index in [-0.39, 0.29) is 43.4 Å². The standard InChI is InChI=1S/C30H35ClN6O4.ClH/c1-36(2)15-19-3-5-20(6-4-19)26(18-38)34-27(39)17-37-16-22-8-7-21(13-24(22)29(37)40)28-25(31)14-32-30(35-28)33-23-9-11-41-12-10-23;/h3-8,13-14,23,26,38H,9-12,15-18H2,1-2H3,(H,34,39)(H,32,33,35);1H. The van der Waals surface area contributed by atoms with Gasteiger partial charge in [-0.05, 0) is 49.7 Å². The van der Waals surface area contributed by atoms with E-state index in [1.165, 1.54) is 4.90 Å². The monoisotopic (exact) mass is 614 g/mol. The molecule has 1 fully saturated rings. The van der Waals surface area contributed by atoms with Crippen LogP contribution in [0, 0.1) is 0 Å². The van der Waals surface area contributed by atoms with E-state index in [9.17, 15) is 14.7 Å². The summed E-state index contributed by atoms with van der Waals surface area (Å²) in [6, 6.07) is 13.0. The van der Waals surface area contributed by atoms with Gasteiger partial charge in [0.05, 0.1) is 29.6 Å². The Morgan fingerprint density at radius 1 is 1.19 bits per heavy atom. The van der Waals surface area contributed by atoms with E-state index in [1.54, 1.807) is 12.3 Å². The van der Waals surface area contributed by atoms with Crippen LogP contribution in [0.5, 0.6) is 0 Å². The molecule has 2 aliphatic rings. The van der Waals surface area contributed by atoms with Gasteiger partial charge in [0.2, 0.25) is 11.9 Å². The largest absolute Gasteiger partial charge is 0.394 e. The van der Waals surface area contributed by atoms with Crippen LogP contribution in [0.4, 0.5) is 5.95 Å². The molecule has 2 aliphatic heterocycles. The van der Waals surface area contributed by atoms with Crippen molar-refractivity contribution in [3.05, 3.63) is 75.9 Å². The highest BCUT2D eigenvalue weighted by Gasteiger charge is 2.30. The number of anilines is 1. The fraction of sp³-hybridized carbons (Fsp3) is 0.400. The number of benzene rings is 2. The van der Waals surface area contributed by atoms with Crippen molar-refractivity contribution in [2.24, 2.45) is 0 Å². The number of hydrogen-bond acceptors (Lipinski definition) is 8. The summed E-state index contributed by atoms with van der Waals surface area (Å²) >= 11 is 6.46. The molecule has 1 unspecified atom stereocenters. The van der Waals surface area contributed by atoms with Crippen LogP contribution < -0.4 is 10.6 Å². The van der Waals surface area contributed by atoms with Gasteiger partial charge in [-0.25, -0.2) is 9.97 Å². The number of carbonyl (C=O) groups excluding carboxylic acids is 2. The van der Waals surface area contributed by atoms with E-state index in [0.29, 0.717) is 47.6 Å². The predicted octanol–water partition coefficient (Wildman–Crippen LogP) is 3.68. The second-order valence-electron chi connectivity index (χ2n) is 10.7. The van der Waals surface area contributed by atoms with Crippen LogP contribution in [0.3, 0.4) is 0 Å². The molecule has 0 saturated carbocycles. The molecule has 1 atom stereocenters. The topological polar surface area (TPSA) is 120 Å². The first-order valence-electron chi connectivity index (χ1n) is 13.7. The summed E-state index contributed by atoms with van der Waals surface area (Å²) in [5.74, 6) is -0.103. The van der Waals surface area contributed by atoms with E-state index in [1.807, 2.05) is 50.5 Å². The van der Waals surface area contributed by atoms with Gasteiger partial charge in [0.25, 0.3) is 5.91 Å². The van der Waals surface area contributed by atoms with Crippen LogP contribution in [0.2, 0.25) is 5.02 Å². The normalized spacial score (nSPS) is 15.7. The lowest BCUT2D eigenvalue weighted by Gasteiger charge is -2.23. The van der Waals surface area contributed by atoms with E-state index in [4.69, 9.17) is 16.3 Å². The number of nitrogens with one attached hydrogen (secondary N) is 2. The minimum atomic E-state index is -0.563. The molecule has 2 aromatic carbocycles. The summed E-state index contributed by atoms with van der Waals surface area (Å²) in [5.41, 5.74) is 4.51. The van der Waals surface area contributed by atoms with Crippen molar-refractivity contribution >= 4 is 41.8 Å². The van der Waals surface area contributed by atoms with Crippen LogP contribution in [0.15, 0.2) is 48.7 Å². The number of hydrogen-bond donors (Lipinski definition) is 3. The number of rotatable bonds is 10. The molecule has 0 aliphatic carbocycles. The fourth-order valence-electron chi connectivity index (χ4n) is 5.17. The molecular weight excluding hydrogens is 579 g/mol.